The average Bonchev–Trinajstić information content (AvgIpc) is 3.84. The lowest BCUT2D eigenvalue weighted by atomic mass is 9.98. The molecule has 0 amide bonds. The fraction of sp³-hybridized carbons (Fsp3) is 0. The van der Waals surface area contributed by atoms with Crippen molar-refractivity contribution in [1.29, 1.82) is 0 Å². The summed E-state index contributed by atoms with van der Waals surface area (Å²) in [7, 11) is 0. The first-order valence-electron chi connectivity index (χ1n) is 19.7. The molecule has 12 rings (SSSR count). The molecule has 0 fully saturated rings. The topological polar surface area (TPSA) is 21.3 Å². The second-order valence-electron chi connectivity index (χ2n) is 14.9. The van der Waals surface area contributed by atoms with Gasteiger partial charge in [0.25, 0.3) is 0 Å². The Bertz CT molecular complexity index is 3390. The van der Waals surface area contributed by atoms with Crippen molar-refractivity contribution in [3.05, 3.63) is 206 Å². The molecule has 11 aromatic rings. The zero-order valence-electron chi connectivity index (χ0n) is 31.3. The first-order valence-corrected chi connectivity index (χ1v) is 20.5. The molecule has 4 heteroatoms. The van der Waals surface area contributed by atoms with Gasteiger partial charge in [0.1, 0.15) is 5.58 Å². The fourth-order valence-electron chi connectivity index (χ4n) is 8.87. The van der Waals surface area contributed by atoms with Crippen LogP contribution in [0.3, 0.4) is 0 Å². The summed E-state index contributed by atoms with van der Waals surface area (Å²) in [6, 6.07) is 74.5. The predicted octanol–water partition coefficient (Wildman–Crippen LogP) is 15.6. The molecule has 9 aromatic carbocycles. The van der Waals surface area contributed by atoms with Crippen LogP contribution in [0.4, 0.5) is 17.1 Å². The fourth-order valence-corrected chi connectivity index (χ4v) is 9.96. The number of fused-ring (bicyclic) bond motifs is 8. The van der Waals surface area contributed by atoms with Gasteiger partial charge in [-0.25, -0.2) is 0 Å². The Morgan fingerprint density at radius 2 is 0.948 bits per heavy atom. The number of para-hydroxylation sites is 4. The number of anilines is 3. The lowest BCUT2D eigenvalue weighted by molar-refractivity contribution is 0.669. The van der Waals surface area contributed by atoms with E-state index in [2.05, 4.69) is 210 Å². The van der Waals surface area contributed by atoms with Crippen molar-refractivity contribution in [3.8, 4) is 39.1 Å². The summed E-state index contributed by atoms with van der Waals surface area (Å²) >= 11 is 1.83. The first kappa shape index (κ1) is 32.9. The number of furan rings is 1. The van der Waals surface area contributed by atoms with E-state index in [1.165, 1.54) is 65.0 Å². The molecule has 58 heavy (non-hydrogen) atoms. The van der Waals surface area contributed by atoms with Crippen molar-refractivity contribution in [2.45, 2.75) is 9.79 Å². The number of aromatic nitrogens is 1. The summed E-state index contributed by atoms with van der Waals surface area (Å²) in [5.74, 6) is 0. The van der Waals surface area contributed by atoms with Crippen molar-refractivity contribution < 1.29 is 4.42 Å². The highest BCUT2D eigenvalue weighted by molar-refractivity contribution is 7.99. The quantitative estimate of drug-likeness (QED) is 0.174. The summed E-state index contributed by atoms with van der Waals surface area (Å²) in [5, 5.41) is 4.75. The van der Waals surface area contributed by atoms with Crippen molar-refractivity contribution in [2.75, 3.05) is 4.90 Å². The van der Waals surface area contributed by atoms with E-state index in [0.29, 0.717) is 0 Å². The summed E-state index contributed by atoms with van der Waals surface area (Å²) in [5.41, 5.74) is 15.8. The molecule has 0 saturated carbocycles. The summed E-state index contributed by atoms with van der Waals surface area (Å²) in [6.45, 7) is 0. The van der Waals surface area contributed by atoms with Crippen molar-refractivity contribution in [1.82, 2.24) is 4.57 Å². The van der Waals surface area contributed by atoms with Gasteiger partial charge in [-0.15, -0.1) is 0 Å². The van der Waals surface area contributed by atoms with Gasteiger partial charge in [0.15, 0.2) is 5.58 Å². The van der Waals surface area contributed by atoms with Crippen LogP contribution in [0.1, 0.15) is 0 Å². The van der Waals surface area contributed by atoms with E-state index >= 15 is 0 Å². The summed E-state index contributed by atoms with van der Waals surface area (Å²) in [6.07, 6.45) is 0. The molecule has 0 N–H and O–H groups in total. The second kappa shape index (κ2) is 13.2. The molecule has 0 bridgehead atoms. The van der Waals surface area contributed by atoms with E-state index in [9.17, 15) is 0 Å². The van der Waals surface area contributed by atoms with Gasteiger partial charge in [-0.3, -0.25) is 0 Å². The van der Waals surface area contributed by atoms with E-state index in [-0.39, 0.29) is 0 Å². The van der Waals surface area contributed by atoms with Crippen LogP contribution in [0.15, 0.2) is 220 Å². The summed E-state index contributed by atoms with van der Waals surface area (Å²) in [4.78, 5) is 4.79. The minimum absolute atomic E-state index is 0.896. The lowest BCUT2D eigenvalue weighted by Gasteiger charge is -2.33. The Balaban J connectivity index is 0.958. The zero-order valence-corrected chi connectivity index (χ0v) is 32.2. The van der Waals surface area contributed by atoms with E-state index in [1.807, 2.05) is 17.8 Å². The number of benzene rings is 9. The molecule has 0 unspecified atom stereocenters. The molecular formula is C54H34N2OS. The maximum Gasteiger partial charge on any atom is 0.159 e. The molecule has 0 saturated heterocycles. The van der Waals surface area contributed by atoms with Crippen LogP contribution in [-0.2, 0) is 0 Å². The maximum atomic E-state index is 6.56. The molecule has 272 valence electrons. The van der Waals surface area contributed by atoms with E-state index in [1.54, 1.807) is 0 Å². The number of rotatable bonds is 5. The van der Waals surface area contributed by atoms with Gasteiger partial charge < -0.3 is 13.9 Å². The molecule has 0 radical (unpaired) electrons. The molecule has 1 aliphatic heterocycles. The second-order valence-corrected chi connectivity index (χ2v) is 16.0. The zero-order chi connectivity index (χ0) is 38.2. The van der Waals surface area contributed by atoms with E-state index in [0.717, 1.165) is 44.7 Å². The van der Waals surface area contributed by atoms with Crippen LogP contribution in [0.25, 0.3) is 82.8 Å². The largest absolute Gasteiger partial charge is 0.454 e. The van der Waals surface area contributed by atoms with Crippen LogP contribution in [0.2, 0.25) is 0 Å². The van der Waals surface area contributed by atoms with E-state index in [4.69, 9.17) is 4.42 Å². The molecule has 0 aliphatic carbocycles. The number of hydrogen-bond acceptors (Lipinski definition) is 3. The van der Waals surface area contributed by atoms with Crippen molar-refractivity contribution >= 4 is 72.6 Å². The lowest BCUT2D eigenvalue weighted by Crippen LogP contribution is -2.15. The molecular weight excluding hydrogens is 725 g/mol. The smallest absolute Gasteiger partial charge is 0.159 e. The normalized spacial score (nSPS) is 12.4. The van der Waals surface area contributed by atoms with Crippen LogP contribution in [-0.4, -0.2) is 4.57 Å². The third kappa shape index (κ3) is 5.23. The minimum atomic E-state index is 0.896. The SMILES string of the molecule is c1ccc(-c2cccc(-n3c4ccccc4c4ccc(-c5cccc(-c6ccc7c(c6)Sc6ccccc6N7c6cccc7c6oc6ccccc67)c5)cc43)c2)cc1. The van der Waals surface area contributed by atoms with Crippen LogP contribution in [0.5, 0.6) is 0 Å². The minimum Gasteiger partial charge on any atom is -0.454 e. The Labute approximate surface area is 340 Å². The predicted molar refractivity (Wildman–Crippen MR) is 243 cm³/mol. The Kier molecular flexibility index (Phi) is 7.47. The summed E-state index contributed by atoms with van der Waals surface area (Å²) < 4.78 is 8.98. The number of nitrogens with zero attached hydrogens (tertiary/aromatic N) is 2. The highest BCUT2D eigenvalue weighted by atomic mass is 32.2. The monoisotopic (exact) mass is 758 g/mol. The highest BCUT2D eigenvalue weighted by Gasteiger charge is 2.28. The van der Waals surface area contributed by atoms with Gasteiger partial charge in [-0.2, -0.15) is 0 Å². The molecule has 2 aromatic heterocycles. The van der Waals surface area contributed by atoms with Gasteiger partial charge in [0.05, 0.1) is 28.1 Å². The molecule has 0 atom stereocenters. The van der Waals surface area contributed by atoms with Gasteiger partial charge in [-0.05, 0) is 100 Å². The van der Waals surface area contributed by atoms with Gasteiger partial charge in [0, 0.05) is 37.0 Å². The highest BCUT2D eigenvalue weighted by Crippen LogP contribution is 2.54. The maximum absolute atomic E-state index is 6.56. The van der Waals surface area contributed by atoms with E-state index < -0.39 is 0 Å². The molecule has 0 spiro atoms. The van der Waals surface area contributed by atoms with Crippen LogP contribution in [0, 0.1) is 0 Å². The Hall–Kier alpha value is -7.27. The Morgan fingerprint density at radius 3 is 1.84 bits per heavy atom. The van der Waals surface area contributed by atoms with Crippen LogP contribution < -0.4 is 4.90 Å². The average molecular weight is 759 g/mol. The first-order chi connectivity index (χ1) is 28.7. The van der Waals surface area contributed by atoms with Crippen molar-refractivity contribution in [2.24, 2.45) is 0 Å². The number of hydrogen-bond donors (Lipinski definition) is 0. The molecule has 3 nitrogen and oxygen atoms in total. The third-order valence-electron chi connectivity index (χ3n) is 11.6. The Morgan fingerprint density at radius 1 is 0.345 bits per heavy atom. The standard InChI is InChI=1S/C54H34N2OS/c1-2-13-35(14-3-1)38-17-11-18-41(32-38)55-46-22-6-4-19-42(46)43-29-27-39(33-50(43)55)36-15-10-16-37(31-36)40-28-30-48-53(34-40)58-52-26-9-7-23-47(52)56(48)49-24-12-21-45-44-20-5-8-25-51(44)57-54(45)49/h1-34H. The third-order valence-corrected chi connectivity index (χ3v) is 12.7. The van der Waals surface area contributed by atoms with Gasteiger partial charge >= 0.3 is 0 Å². The van der Waals surface area contributed by atoms with Crippen LogP contribution >= 0.6 is 11.8 Å². The molecule has 1 aliphatic rings. The molecule has 3 heterocycles. The van der Waals surface area contributed by atoms with Crippen molar-refractivity contribution in [3.63, 3.8) is 0 Å². The van der Waals surface area contributed by atoms with Gasteiger partial charge in [-0.1, -0.05) is 151 Å². The van der Waals surface area contributed by atoms with Gasteiger partial charge in [0.2, 0.25) is 0 Å².